The number of hydrogen-bond acceptors (Lipinski definition) is 3. The van der Waals surface area contributed by atoms with Crippen LogP contribution in [0.3, 0.4) is 0 Å². The SMILES string of the molecule is O=S(=O)([O-])C(F)(F)F.c1ccc(-c2cc(-c3ccccc3)c(-c3ccccc3)c(-c3ccccc3)[o+]2)cc1. The van der Waals surface area contributed by atoms with E-state index in [1.165, 1.54) is 5.56 Å². The summed E-state index contributed by atoms with van der Waals surface area (Å²) < 4.78 is 65.5. The molecule has 1 aromatic heterocycles. The van der Waals surface area contributed by atoms with Gasteiger partial charge in [-0.1, -0.05) is 97.1 Å². The number of alkyl halides is 3. The van der Waals surface area contributed by atoms with Gasteiger partial charge in [-0.25, -0.2) is 12.8 Å². The van der Waals surface area contributed by atoms with Gasteiger partial charge >= 0.3 is 17.0 Å². The normalized spacial score (nSPS) is 11.4. The van der Waals surface area contributed by atoms with Gasteiger partial charge in [0, 0.05) is 5.56 Å². The summed E-state index contributed by atoms with van der Waals surface area (Å²) in [6.07, 6.45) is 0. The summed E-state index contributed by atoms with van der Waals surface area (Å²) in [6.45, 7) is 0. The Morgan fingerprint density at radius 3 is 1.37 bits per heavy atom. The molecular weight excluding hydrogens is 513 g/mol. The molecule has 0 amide bonds. The van der Waals surface area contributed by atoms with Crippen molar-refractivity contribution in [3.63, 3.8) is 0 Å². The molecule has 4 aromatic carbocycles. The monoisotopic (exact) mass is 534 g/mol. The Morgan fingerprint density at radius 2 is 0.947 bits per heavy atom. The van der Waals surface area contributed by atoms with Crippen LogP contribution in [0.2, 0.25) is 0 Å². The lowest BCUT2D eigenvalue weighted by molar-refractivity contribution is -0.0517. The van der Waals surface area contributed by atoms with Crippen LogP contribution in [0.4, 0.5) is 13.2 Å². The number of benzene rings is 4. The van der Waals surface area contributed by atoms with Crippen LogP contribution in [0.15, 0.2) is 132 Å². The molecule has 5 aromatic rings. The van der Waals surface area contributed by atoms with Gasteiger partial charge in [-0.2, -0.15) is 13.2 Å². The van der Waals surface area contributed by atoms with E-state index in [-0.39, 0.29) is 0 Å². The highest BCUT2D eigenvalue weighted by Crippen LogP contribution is 2.43. The fraction of sp³-hybridized carbons (Fsp3) is 0.0333. The van der Waals surface area contributed by atoms with E-state index in [2.05, 4.69) is 97.1 Å². The zero-order valence-corrected chi connectivity index (χ0v) is 20.6. The molecule has 1 heterocycles. The second-order valence-electron chi connectivity index (χ2n) is 8.09. The third-order valence-corrected chi connectivity index (χ3v) is 6.08. The fourth-order valence-electron chi connectivity index (χ4n) is 3.79. The second-order valence-corrected chi connectivity index (χ2v) is 9.46. The van der Waals surface area contributed by atoms with E-state index in [1.807, 2.05) is 30.3 Å². The highest BCUT2D eigenvalue weighted by Gasteiger charge is 2.37. The number of halogens is 3. The van der Waals surface area contributed by atoms with Crippen LogP contribution < -0.4 is 0 Å². The molecule has 0 spiro atoms. The molecule has 0 saturated carbocycles. The first-order valence-electron chi connectivity index (χ1n) is 11.4. The first-order chi connectivity index (χ1) is 18.1. The molecular formula is C30H21F3O4S. The molecule has 192 valence electrons. The molecule has 0 aliphatic carbocycles. The predicted octanol–water partition coefficient (Wildman–Crippen LogP) is 8.28. The van der Waals surface area contributed by atoms with Crippen LogP contribution in [-0.4, -0.2) is 18.5 Å². The summed E-state index contributed by atoms with van der Waals surface area (Å²) in [5.74, 6) is 1.73. The zero-order chi connectivity index (χ0) is 27.2. The number of hydrogen-bond donors (Lipinski definition) is 0. The van der Waals surface area contributed by atoms with Gasteiger partial charge in [0.15, 0.2) is 10.1 Å². The maximum atomic E-state index is 10.7. The predicted molar refractivity (Wildman–Crippen MR) is 141 cm³/mol. The molecule has 8 heteroatoms. The second kappa shape index (κ2) is 11.4. The Kier molecular flexibility index (Phi) is 8.05. The van der Waals surface area contributed by atoms with Crippen molar-refractivity contribution in [1.29, 1.82) is 0 Å². The van der Waals surface area contributed by atoms with E-state index in [1.54, 1.807) is 0 Å². The Hall–Kier alpha value is -4.27. The third-order valence-electron chi connectivity index (χ3n) is 5.51. The molecule has 5 rings (SSSR count). The maximum Gasteiger partial charge on any atom is 0.485 e. The van der Waals surface area contributed by atoms with Gasteiger partial charge in [0.05, 0.1) is 22.8 Å². The first-order valence-corrected chi connectivity index (χ1v) is 12.8. The topological polar surface area (TPSA) is 68.5 Å². The van der Waals surface area contributed by atoms with Gasteiger partial charge in [-0.05, 0) is 35.4 Å². The smallest absolute Gasteiger partial charge is 0.485 e. The summed E-state index contributed by atoms with van der Waals surface area (Å²) in [5, 5.41) is 0. The fourth-order valence-corrected chi connectivity index (χ4v) is 3.79. The van der Waals surface area contributed by atoms with Crippen molar-refractivity contribution >= 4 is 10.1 Å². The minimum Gasteiger partial charge on any atom is -0.741 e. The van der Waals surface area contributed by atoms with Gasteiger partial charge in [0.25, 0.3) is 0 Å². The lowest BCUT2D eigenvalue weighted by Gasteiger charge is -2.10. The minimum absolute atomic E-state index is 0.855. The molecule has 4 nitrogen and oxygen atoms in total. The quantitative estimate of drug-likeness (QED) is 0.132. The van der Waals surface area contributed by atoms with Gasteiger partial charge in [0.2, 0.25) is 0 Å². The van der Waals surface area contributed by atoms with Crippen molar-refractivity contribution in [3.8, 4) is 44.9 Å². The molecule has 0 aliphatic heterocycles. The summed E-state index contributed by atoms with van der Waals surface area (Å²) in [4.78, 5) is 0. The Bertz CT molecular complexity index is 1530. The lowest BCUT2D eigenvalue weighted by Crippen LogP contribution is -2.21. The van der Waals surface area contributed by atoms with Crippen molar-refractivity contribution in [2.24, 2.45) is 0 Å². The van der Waals surface area contributed by atoms with Crippen molar-refractivity contribution in [2.45, 2.75) is 5.51 Å². The van der Waals surface area contributed by atoms with Crippen molar-refractivity contribution in [3.05, 3.63) is 127 Å². The van der Waals surface area contributed by atoms with E-state index in [0.717, 1.165) is 39.3 Å². The highest BCUT2D eigenvalue weighted by molar-refractivity contribution is 7.86. The van der Waals surface area contributed by atoms with Gasteiger partial charge < -0.3 is 4.55 Å². The number of rotatable bonds is 4. The summed E-state index contributed by atoms with van der Waals surface area (Å²) >= 11 is 0. The van der Waals surface area contributed by atoms with Crippen LogP contribution >= 0.6 is 0 Å². The zero-order valence-electron chi connectivity index (χ0n) is 19.8. The molecule has 0 bridgehead atoms. The van der Waals surface area contributed by atoms with Gasteiger partial charge in [-0.3, -0.25) is 0 Å². The van der Waals surface area contributed by atoms with Crippen LogP contribution in [0.1, 0.15) is 0 Å². The van der Waals surface area contributed by atoms with Crippen molar-refractivity contribution in [2.75, 3.05) is 0 Å². The Labute approximate surface area is 218 Å². The van der Waals surface area contributed by atoms with Crippen LogP contribution in [-0.2, 0) is 10.1 Å². The third kappa shape index (κ3) is 6.34. The van der Waals surface area contributed by atoms with Crippen LogP contribution in [0.5, 0.6) is 0 Å². The average molecular weight is 535 g/mol. The van der Waals surface area contributed by atoms with Crippen molar-refractivity contribution in [1.82, 2.24) is 0 Å². The van der Waals surface area contributed by atoms with Gasteiger partial charge in [-0.15, -0.1) is 0 Å². The Morgan fingerprint density at radius 1 is 0.579 bits per heavy atom. The molecule has 0 saturated heterocycles. The summed E-state index contributed by atoms with van der Waals surface area (Å²) in [7, 11) is -6.09. The molecule has 38 heavy (non-hydrogen) atoms. The van der Waals surface area contributed by atoms with E-state index >= 15 is 0 Å². The summed E-state index contributed by atoms with van der Waals surface area (Å²) in [6, 6.07) is 43.8. The maximum absolute atomic E-state index is 10.7. The molecule has 0 atom stereocenters. The summed E-state index contributed by atoms with van der Waals surface area (Å²) in [5.41, 5.74) is 1.05. The molecule has 0 radical (unpaired) electrons. The first kappa shape index (κ1) is 26.8. The lowest BCUT2D eigenvalue weighted by atomic mass is 9.91. The van der Waals surface area contributed by atoms with Crippen LogP contribution in [0.25, 0.3) is 44.9 Å². The molecule has 0 unspecified atom stereocenters. The molecule has 0 aliphatic rings. The highest BCUT2D eigenvalue weighted by atomic mass is 32.2. The minimum atomic E-state index is -6.09. The average Bonchev–Trinajstić information content (AvgIpc) is 2.93. The Balaban J connectivity index is 0.000000368. The van der Waals surface area contributed by atoms with Crippen molar-refractivity contribution < 1.29 is 30.6 Å². The standard InChI is InChI=1S/C29H21O.CHF3O3S/c1-5-13-22(14-6-1)26-21-27(23-15-7-2-8-16-23)30-29(25-19-11-4-12-20-25)28(26)24-17-9-3-10-18-24;2-1(3,4)8(5,6)7/h1-21H;(H,5,6,7)/q+1;/p-1. The van der Waals surface area contributed by atoms with E-state index < -0.39 is 15.6 Å². The molecule has 0 fully saturated rings. The largest absolute Gasteiger partial charge is 0.741 e. The van der Waals surface area contributed by atoms with Gasteiger partial charge in [0.1, 0.15) is 0 Å². The molecule has 0 N–H and O–H groups in total. The van der Waals surface area contributed by atoms with E-state index in [9.17, 15) is 13.2 Å². The van der Waals surface area contributed by atoms with Crippen LogP contribution in [0, 0.1) is 0 Å². The van der Waals surface area contributed by atoms with E-state index in [0.29, 0.717) is 0 Å². The van der Waals surface area contributed by atoms with E-state index in [4.69, 9.17) is 17.4 Å².